The summed E-state index contributed by atoms with van der Waals surface area (Å²) in [5.41, 5.74) is 2.20. The Hall–Kier alpha value is -2.66. The van der Waals surface area contributed by atoms with Crippen molar-refractivity contribution in [2.45, 2.75) is 0 Å². The third-order valence-electron chi connectivity index (χ3n) is 3.83. The van der Waals surface area contributed by atoms with Crippen molar-refractivity contribution in [3.63, 3.8) is 0 Å². The fraction of sp³-hybridized carbons (Fsp3) is 0.211. The van der Waals surface area contributed by atoms with Gasteiger partial charge in [-0.2, -0.15) is 0 Å². The maximum Gasteiger partial charge on any atom is 0.248 e. The summed E-state index contributed by atoms with van der Waals surface area (Å²) in [5, 5.41) is 2.77. The summed E-state index contributed by atoms with van der Waals surface area (Å²) in [7, 11) is 0. The fourth-order valence-electron chi connectivity index (χ4n) is 2.54. The first-order valence-corrected chi connectivity index (χ1v) is 7.89. The molecule has 0 aromatic heterocycles. The first-order chi connectivity index (χ1) is 11.7. The highest BCUT2D eigenvalue weighted by molar-refractivity contribution is 6.02. The van der Waals surface area contributed by atoms with Gasteiger partial charge in [0.25, 0.3) is 0 Å². The number of hydrogen-bond acceptors (Lipinski definition) is 3. The van der Waals surface area contributed by atoms with Crippen LogP contribution in [-0.2, 0) is 9.53 Å². The maximum atomic E-state index is 13.5. The van der Waals surface area contributed by atoms with E-state index in [1.807, 2.05) is 24.3 Å². The van der Waals surface area contributed by atoms with E-state index in [1.165, 1.54) is 18.2 Å². The van der Waals surface area contributed by atoms with E-state index in [2.05, 4.69) is 10.2 Å². The predicted molar refractivity (Wildman–Crippen MR) is 93.5 cm³/mol. The Bertz CT molecular complexity index is 722. The number of carbonyl (C=O) groups is 1. The van der Waals surface area contributed by atoms with Crippen LogP contribution in [0.1, 0.15) is 5.56 Å². The van der Waals surface area contributed by atoms with E-state index in [1.54, 1.807) is 18.2 Å². The zero-order chi connectivity index (χ0) is 16.8. The molecule has 0 aliphatic carbocycles. The Morgan fingerprint density at radius 1 is 1.08 bits per heavy atom. The summed E-state index contributed by atoms with van der Waals surface area (Å²) >= 11 is 0. The second kappa shape index (κ2) is 7.75. The van der Waals surface area contributed by atoms with E-state index < -0.39 is 0 Å². The monoisotopic (exact) mass is 326 g/mol. The zero-order valence-electron chi connectivity index (χ0n) is 13.2. The van der Waals surface area contributed by atoms with Gasteiger partial charge in [0.1, 0.15) is 5.82 Å². The summed E-state index contributed by atoms with van der Waals surface area (Å²) in [4.78, 5) is 14.2. The van der Waals surface area contributed by atoms with Crippen LogP contribution < -0.4 is 10.2 Å². The first kappa shape index (κ1) is 16.2. The van der Waals surface area contributed by atoms with Crippen molar-refractivity contribution in [3.8, 4) is 0 Å². The van der Waals surface area contributed by atoms with E-state index in [0.29, 0.717) is 11.3 Å². The van der Waals surface area contributed by atoms with Gasteiger partial charge in [0, 0.05) is 36.1 Å². The van der Waals surface area contributed by atoms with Gasteiger partial charge in [0.05, 0.1) is 13.2 Å². The summed E-state index contributed by atoms with van der Waals surface area (Å²) in [6, 6.07) is 14.0. The molecule has 2 aromatic rings. The van der Waals surface area contributed by atoms with Crippen LogP contribution in [0.15, 0.2) is 54.6 Å². The Kier molecular flexibility index (Phi) is 5.23. The van der Waals surface area contributed by atoms with Gasteiger partial charge in [0.2, 0.25) is 5.91 Å². The SMILES string of the molecule is O=C(C=Cc1ccccc1F)Nc1ccc(N2CCOCC2)cc1. The summed E-state index contributed by atoms with van der Waals surface area (Å²) in [5.74, 6) is -0.645. The largest absolute Gasteiger partial charge is 0.378 e. The van der Waals surface area contributed by atoms with Crippen LogP contribution in [-0.4, -0.2) is 32.2 Å². The third-order valence-corrected chi connectivity index (χ3v) is 3.83. The molecule has 24 heavy (non-hydrogen) atoms. The second-order valence-corrected chi connectivity index (χ2v) is 5.49. The number of morpholine rings is 1. The molecule has 0 radical (unpaired) electrons. The van der Waals surface area contributed by atoms with Gasteiger partial charge in [-0.1, -0.05) is 18.2 Å². The molecule has 1 N–H and O–H groups in total. The molecular formula is C19H19FN2O2. The highest BCUT2D eigenvalue weighted by Gasteiger charge is 2.10. The average Bonchev–Trinajstić information content (AvgIpc) is 2.62. The van der Waals surface area contributed by atoms with Gasteiger partial charge in [-0.3, -0.25) is 4.79 Å². The lowest BCUT2D eigenvalue weighted by atomic mass is 10.2. The lowest BCUT2D eigenvalue weighted by Crippen LogP contribution is -2.36. The molecule has 1 aliphatic rings. The van der Waals surface area contributed by atoms with E-state index in [4.69, 9.17) is 4.74 Å². The van der Waals surface area contributed by atoms with Gasteiger partial charge < -0.3 is 15.0 Å². The van der Waals surface area contributed by atoms with Crippen LogP contribution in [0.4, 0.5) is 15.8 Å². The third kappa shape index (κ3) is 4.20. The number of ether oxygens (including phenoxy) is 1. The minimum atomic E-state index is -0.351. The van der Waals surface area contributed by atoms with Gasteiger partial charge in [-0.05, 0) is 36.4 Å². The molecule has 3 rings (SSSR count). The molecule has 0 spiro atoms. The number of amides is 1. The summed E-state index contributed by atoms with van der Waals surface area (Å²) in [6.07, 6.45) is 2.79. The number of benzene rings is 2. The lowest BCUT2D eigenvalue weighted by Gasteiger charge is -2.28. The van der Waals surface area contributed by atoms with Crippen molar-refractivity contribution in [3.05, 3.63) is 66.0 Å². The average molecular weight is 326 g/mol. The number of anilines is 2. The molecule has 1 amide bonds. The minimum Gasteiger partial charge on any atom is -0.378 e. The van der Waals surface area contributed by atoms with Gasteiger partial charge in [-0.15, -0.1) is 0 Å². The molecule has 0 unspecified atom stereocenters. The van der Waals surface area contributed by atoms with Crippen molar-refractivity contribution >= 4 is 23.4 Å². The van der Waals surface area contributed by atoms with Gasteiger partial charge in [0.15, 0.2) is 0 Å². The Morgan fingerprint density at radius 3 is 2.50 bits per heavy atom. The van der Waals surface area contributed by atoms with Crippen LogP contribution in [0.3, 0.4) is 0 Å². The highest BCUT2D eigenvalue weighted by atomic mass is 19.1. The molecule has 5 heteroatoms. The summed E-state index contributed by atoms with van der Waals surface area (Å²) < 4.78 is 18.8. The highest BCUT2D eigenvalue weighted by Crippen LogP contribution is 2.19. The predicted octanol–water partition coefficient (Wildman–Crippen LogP) is 3.31. The Balaban J connectivity index is 1.59. The number of nitrogens with one attached hydrogen (secondary N) is 1. The Labute approximate surface area is 140 Å². The zero-order valence-corrected chi connectivity index (χ0v) is 13.2. The van der Waals surface area contributed by atoms with Crippen molar-refractivity contribution in [1.82, 2.24) is 0 Å². The molecular weight excluding hydrogens is 307 g/mol. The molecule has 0 bridgehead atoms. The quantitative estimate of drug-likeness (QED) is 0.877. The number of hydrogen-bond donors (Lipinski definition) is 1. The van der Waals surface area contributed by atoms with Crippen LogP contribution in [0.25, 0.3) is 6.08 Å². The molecule has 4 nitrogen and oxygen atoms in total. The second-order valence-electron chi connectivity index (χ2n) is 5.49. The van der Waals surface area contributed by atoms with E-state index in [0.717, 1.165) is 32.0 Å². The van der Waals surface area contributed by atoms with Crippen LogP contribution in [0.5, 0.6) is 0 Å². The van der Waals surface area contributed by atoms with Gasteiger partial charge >= 0.3 is 0 Å². The van der Waals surface area contributed by atoms with Crippen LogP contribution >= 0.6 is 0 Å². The number of rotatable bonds is 4. The van der Waals surface area contributed by atoms with Crippen LogP contribution in [0, 0.1) is 5.82 Å². The molecule has 1 heterocycles. The maximum absolute atomic E-state index is 13.5. The first-order valence-electron chi connectivity index (χ1n) is 7.89. The molecule has 2 aromatic carbocycles. The molecule has 1 aliphatic heterocycles. The minimum absolute atomic E-state index is 0.294. The van der Waals surface area contributed by atoms with Crippen molar-refractivity contribution in [2.24, 2.45) is 0 Å². The smallest absolute Gasteiger partial charge is 0.248 e. The number of nitrogens with zero attached hydrogens (tertiary/aromatic N) is 1. The van der Waals surface area contributed by atoms with Crippen molar-refractivity contribution < 1.29 is 13.9 Å². The molecule has 1 fully saturated rings. The van der Waals surface area contributed by atoms with Crippen molar-refractivity contribution in [2.75, 3.05) is 36.5 Å². The van der Waals surface area contributed by atoms with Crippen molar-refractivity contribution in [1.29, 1.82) is 0 Å². The van der Waals surface area contributed by atoms with E-state index in [-0.39, 0.29) is 11.7 Å². The lowest BCUT2D eigenvalue weighted by molar-refractivity contribution is -0.111. The normalized spacial score (nSPS) is 14.8. The number of carbonyl (C=O) groups excluding carboxylic acids is 1. The van der Waals surface area contributed by atoms with Crippen LogP contribution in [0.2, 0.25) is 0 Å². The molecule has 1 saturated heterocycles. The molecule has 124 valence electrons. The number of halogens is 1. The van der Waals surface area contributed by atoms with E-state index in [9.17, 15) is 9.18 Å². The standard InChI is InChI=1S/C19H19FN2O2/c20-18-4-2-1-3-15(18)5-10-19(23)21-16-6-8-17(9-7-16)22-11-13-24-14-12-22/h1-10H,11-14H2,(H,21,23). The summed E-state index contributed by atoms with van der Waals surface area (Å²) in [6.45, 7) is 3.22. The molecule has 0 saturated carbocycles. The topological polar surface area (TPSA) is 41.6 Å². The van der Waals surface area contributed by atoms with E-state index >= 15 is 0 Å². The Morgan fingerprint density at radius 2 is 1.79 bits per heavy atom. The fourth-order valence-corrected chi connectivity index (χ4v) is 2.54. The molecule has 0 atom stereocenters. The van der Waals surface area contributed by atoms with Gasteiger partial charge in [-0.25, -0.2) is 4.39 Å².